The Balaban J connectivity index is 2.59. The normalized spacial score (nSPS) is 21.0. The van der Waals surface area contributed by atoms with Gasteiger partial charge in [0.15, 0.2) is 0 Å². The molecule has 1 fully saturated rings. The Bertz CT molecular complexity index is 215. The van der Waals surface area contributed by atoms with Crippen LogP contribution in [0.5, 0.6) is 0 Å². The molecule has 0 atom stereocenters. The number of hydrogen-bond acceptors (Lipinski definition) is 3. The van der Waals surface area contributed by atoms with Crippen molar-refractivity contribution < 1.29 is 14.3 Å². The lowest BCUT2D eigenvalue weighted by molar-refractivity contribution is -0.151. The van der Waals surface area contributed by atoms with Crippen LogP contribution in [0.15, 0.2) is 11.6 Å². The standard InChI is InChI=1S/C8H10O3/c1-2-3-4-6-5-7(9)11-8(6)10/h4H,2-3,5H2,1H3/b6-4-. The van der Waals surface area contributed by atoms with Crippen LogP contribution in [-0.4, -0.2) is 11.9 Å². The monoisotopic (exact) mass is 154 g/mol. The van der Waals surface area contributed by atoms with Crippen molar-refractivity contribution in [1.29, 1.82) is 0 Å². The summed E-state index contributed by atoms with van der Waals surface area (Å²) in [6.07, 6.45) is 3.73. The van der Waals surface area contributed by atoms with Gasteiger partial charge in [0.2, 0.25) is 0 Å². The molecule has 1 heterocycles. The third kappa shape index (κ3) is 1.90. The molecule has 0 aromatic carbocycles. The average Bonchev–Trinajstić information content (AvgIpc) is 2.26. The predicted octanol–water partition coefficient (Wildman–Crippen LogP) is 1.19. The quantitative estimate of drug-likeness (QED) is 0.341. The van der Waals surface area contributed by atoms with Gasteiger partial charge in [0.1, 0.15) is 0 Å². The fraction of sp³-hybridized carbons (Fsp3) is 0.500. The molecule has 0 radical (unpaired) electrons. The summed E-state index contributed by atoms with van der Waals surface area (Å²) in [4.78, 5) is 21.3. The summed E-state index contributed by atoms with van der Waals surface area (Å²) in [7, 11) is 0. The molecule has 1 aliphatic rings. The van der Waals surface area contributed by atoms with Crippen molar-refractivity contribution in [2.75, 3.05) is 0 Å². The highest BCUT2D eigenvalue weighted by molar-refractivity contribution is 6.05. The maximum absolute atomic E-state index is 10.8. The van der Waals surface area contributed by atoms with Crippen LogP contribution in [0.1, 0.15) is 26.2 Å². The second kappa shape index (κ2) is 3.32. The van der Waals surface area contributed by atoms with Gasteiger partial charge in [0.05, 0.1) is 6.42 Å². The molecule has 3 nitrogen and oxygen atoms in total. The molecule has 1 saturated heterocycles. The summed E-state index contributed by atoms with van der Waals surface area (Å²) in [5.74, 6) is -0.902. The third-order valence-corrected chi connectivity index (χ3v) is 1.48. The first-order valence-corrected chi connectivity index (χ1v) is 3.68. The Labute approximate surface area is 65.0 Å². The zero-order valence-corrected chi connectivity index (χ0v) is 6.42. The van der Waals surface area contributed by atoms with E-state index in [9.17, 15) is 9.59 Å². The lowest BCUT2D eigenvalue weighted by Crippen LogP contribution is -1.96. The third-order valence-electron chi connectivity index (χ3n) is 1.48. The molecule has 0 spiro atoms. The van der Waals surface area contributed by atoms with Crippen molar-refractivity contribution in [3.05, 3.63) is 11.6 Å². The van der Waals surface area contributed by atoms with Crippen molar-refractivity contribution in [2.45, 2.75) is 26.2 Å². The van der Waals surface area contributed by atoms with E-state index in [2.05, 4.69) is 4.74 Å². The van der Waals surface area contributed by atoms with Crippen LogP contribution in [0.2, 0.25) is 0 Å². The summed E-state index contributed by atoms with van der Waals surface area (Å²) >= 11 is 0. The average molecular weight is 154 g/mol. The Morgan fingerprint density at radius 3 is 2.73 bits per heavy atom. The van der Waals surface area contributed by atoms with Gasteiger partial charge in [0.25, 0.3) is 0 Å². The molecule has 0 aromatic heterocycles. The van der Waals surface area contributed by atoms with Gasteiger partial charge in [-0.05, 0) is 6.42 Å². The highest BCUT2D eigenvalue weighted by Crippen LogP contribution is 2.15. The minimum absolute atomic E-state index is 0.152. The molecule has 0 unspecified atom stereocenters. The molecule has 0 aromatic rings. The van der Waals surface area contributed by atoms with E-state index in [0.29, 0.717) is 5.57 Å². The number of unbranched alkanes of at least 4 members (excludes halogenated alkanes) is 1. The maximum atomic E-state index is 10.8. The van der Waals surface area contributed by atoms with Crippen LogP contribution in [0.4, 0.5) is 0 Å². The zero-order valence-electron chi connectivity index (χ0n) is 6.42. The van der Waals surface area contributed by atoms with E-state index in [4.69, 9.17) is 0 Å². The van der Waals surface area contributed by atoms with Crippen LogP contribution in [0, 0.1) is 0 Å². The highest BCUT2D eigenvalue weighted by atomic mass is 16.6. The van der Waals surface area contributed by atoms with Crippen molar-refractivity contribution in [3.63, 3.8) is 0 Å². The summed E-state index contributed by atoms with van der Waals surface area (Å²) < 4.78 is 4.32. The van der Waals surface area contributed by atoms with E-state index < -0.39 is 11.9 Å². The van der Waals surface area contributed by atoms with E-state index in [0.717, 1.165) is 12.8 Å². The Kier molecular flexibility index (Phi) is 2.41. The van der Waals surface area contributed by atoms with Crippen LogP contribution >= 0.6 is 0 Å². The molecule has 60 valence electrons. The second-order valence-corrected chi connectivity index (χ2v) is 2.46. The molecular weight excluding hydrogens is 144 g/mol. The first-order chi connectivity index (χ1) is 5.24. The lowest BCUT2D eigenvalue weighted by atomic mass is 10.2. The van der Waals surface area contributed by atoms with Crippen molar-refractivity contribution in [1.82, 2.24) is 0 Å². The van der Waals surface area contributed by atoms with Gasteiger partial charge in [-0.3, -0.25) is 4.79 Å². The van der Waals surface area contributed by atoms with Gasteiger partial charge in [-0.25, -0.2) is 4.79 Å². The fourth-order valence-electron chi connectivity index (χ4n) is 0.907. The topological polar surface area (TPSA) is 43.4 Å². The summed E-state index contributed by atoms with van der Waals surface area (Å²) in [6.45, 7) is 2.01. The van der Waals surface area contributed by atoms with Crippen molar-refractivity contribution in [2.24, 2.45) is 0 Å². The van der Waals surface area contributed by atoms with E-state index in [1.165, 1.54) is 0 Å². The van der Waals surface area contributed by atoms with Gasteiger partial charge >= 0.3 is 11.9 Å². The van der Waals surface area contributed by atoms with Crippen LogP contribution in [-0.2, 0) is 14.3 Å². The molecule has 0 N–H and O–H groups in total. The number of rotatable bonds is 2. The first kappa shape index (κ1) is 7.98. The Morgan fingerprint density at radius 1 is 1.55 bits per heavy atom. The molecule has 0 bridgehead atoms. The molecule has 1 rings (SSSR count). The number of carbonyl (C=O) groups excluding carboxylic acids is 2. The molecular formula is C8H10O3. The number of ether oxygens (including phenoxy) is 1. The number of hydrogen-bond donors (Lipinski definition) is 0. The largest absolute Gasteiger partial charge is 0.389 e. The van der Waals surface area contributed by atoms with Crippen LogP contribution in [0.25, 0.3) is 0 Å². The molecule has 0 aliphatic carbocycles. The Hall–Kier alpha value is -1.12. The van der Waals surface area contributed by atoms with Gasteiger partial charge < -0.3 is 4.74 Å². The predicted molar refractivity (Wildman–Crippen MR) is 38.7 cm³/mol. The molecule has 0 amide bonds. The highest BCUT2D eigenvalue weighted by Gasteiger charge is 2.25. The lowest BCUT2D eigenvalue weighted by Gasteiger charge is -1.87. The van der Waals surface area contributed by atoms with Crippen molar-refractivity contribution in [3.8, 4) is 0 Å². The minimum atomic E-state index is -0.469. The summed E-state index contributed by atoms with van der Waals surface area (Å²) in [5.41, 5.74) is 0.511. The minimum Gasteiger partial charge on any atom is -0.389 e. The van der Waals surface area contributed by atoms with Crippen LogP contribution < -0.4 is 0 Å². The van der Waals surface area contributed by atoms with Gasteiger partial charge in [-0.1, -0.05) is 19.4 Å². The summed E-state index contributed by atoms with van der Waals surface area (Å²) in [6, 6.07) is 0. The number of carbonyl (C=O) groups is 2. The van der Waals surface area contributed by atoms with E-state index in [1.807, 2.05) is 6.92 Å². The zero-order chi connectivity index (χ0) is 8.27. The molecule has 11 heavy (non-hydrogen) atoms. The molecule has 0 saturated carbocycles. The molecule has 3 heteroatoms. The van der Waals surface area contributed by atoms with Gasteiger partial charge in [-0.2, -0.15) is 0 Å². The van der Waals surface area contributed by atoms with Crippen LogP contribution in [0.3, 0.4) is 0 Å². The SMILES string of the molecule is CCC/C=C1/CC(=O)OC1=O. The van der Waals surface area contributed by atoms with Crippen molar-refractivity contribution >= 4 is 11.9 Å². The number of cyclic esters (lactones) is 2. The maximum Gasteiger partial charge on any atom is 0.341 e. The number of esters is 2. The smallest absolute Gasteiger partial charge is 0.341 e. The Morgan fingerprint density at radius 2 is 2.27 bits per heavy atom. The van der Waals surface area contributed by atoms with E-state index in [1.54, 1.807) is 6.08 Å². The van der Waals surface area contributed by atoms with Gasteiger partial charge in [0, 0.05) is 5.57 Å². The molecule has 1 aliphatic heterocycles. The fourth-order valence-corrected chi connectivity index (χ4v) is 0.907. The van der Waals surface area contributed by atoms with E-state index in [-0.39, 0.29) is 6.42 Å². The van der Waals surface area contributed by atoms with Gasteiger partial charge in [-0.15, -0.1) is 0 Å². The number of allylic oxidation sites excluding steroid dienone is 1. The van der Waals surface area contributed by atoms with E-state index >= 15 is 0 Å². The summed E-state index contributed by atoms with van der Waals surface area (Å²) in [5, 5.41) is 0. The second-order valence-electron chi connectivity index (χ2n) is 2.46. The first-order valence-electron chi connectivity index (χ1n) is 3.68.